The van der Waals surface area contributed by atoms with E-state index in [0.29, 0.717) is 23.1 Å². The molecule has 166 valence electrons. The number of hydrogen-bond donors (Lipinski definition) is 1. The molecule has 6 nitrogen and oxygen atoms in total. The van der Waals surface area contributed by atoms with Crippen molar-refractivity contribution >= 4 is 17.7 Å². The Bertz CT molecular complexity index is 1280. The molecule has 0 bridgehead atoms. The van der Waals surface area contributed by atoms with E-state index in [9.17, 15) is 4.79 Å². The maximum atomic E-state index is 12.4. The number of oxazole rings is 1. The molecule has 6 heteroatoms. The molecule has 0 unspecified atom stereocenters. The van der Waals surface area contributed by atoms with Crippen molar-refractivity contribution < 1.29 is 18.7 Å². The van der Waals surface area contributed by atoms with E-state index in [1.54, 1.807) is 44.9 Å². The highest BCUT2D eigenvalue weighted by Gasteiger charge is 2.09. The molecule has 1 amide bonds. The molecule has 3 aromatic carbocycles. The van der Waals surface area contributed by atoms with E-state index in [0.717, 1.165) is 27.8 Å². The van der Waals surface area contributed by atoms with Gasteiger partial charge in [0.05, 0.1) is 20.4 Å². The van der Waals surface area contributed by atoms with E-state index < -0.39 is 0 Å². The Morgan fingerprint density at radius 3 is 2.45 bits per heavy atom. The maximum Gasteiger partial charge on any atom is 0.248 e. The lowest BCUT2D eigenvalue weighted by molar-refractivity contribution is -0.111. The zero-order valence-electron chi connectivity index (χ0n) is 18.7. The van der Waals surface area contributed by atoms with Gasteiger partial charge in [-0.1, -0.05) is 18.2 Å². The summed E-state index contributed by atoms with van der Waals surface area (Å²) < 4.78 is 16.0. The fraction of sp³-hybridized carbons (Fsp3) is 0.111. The topological polar surface area (TPSA) is 73.6 Å². The van der Waals surface area contributed by atoms with Crippen molar-refractivity contribution in [1.82, 2.24) is 4.98 Å². The smallest absolute Gasteiger partial charge is 0.248 e. The van der Waals surface area contributed by atoms with Gasteiger partial charge in [0, 0.05) is 22.9 Å². The SMILES string of the molecule is COc1ccc(OC)c(/C=C/C(=O)Nc2ccc(-c3cc(-c4ncco4)ccc3C)cc2)c1. The summed E-state index contributed by atoms with van der Waals surface area (Å²) in [5.41, 5.74) is 5.62. The van der Waals surface area contributed by atoms with Crippen molar-refractivity contribution in [1.29, 1.82) is 0 Å². The van der Waals surface area contributed by atoms with Crippen molar-refractivity contribution in [2.24, 2.45) is 0 Å². The van der Waals surface area contributed by atoms with Gasteiger partial charge < -0.3 is 19.2 Å². The summed E-state index contributed by atoms with van der Waals surface area (Å²) in [4.78, 5) is 16.7. The molecule has 0 saturated carbocycles. The Hall–Kier alpha value is -4.32. The molecule has 4 rings (SSSR count). The van der Waals surface area contributed by atoms with Crippen molar-refractivity contribution in [2.75, 3.05) is 19.5 Å². The number of hydrogen-bond acceptors (Lipinski definition) is 5. The Kier molecular flexibility index (Phi) is 6.55. The van der Waals surface area contributed by atoms with Crippen LogP contribution in [-0.4, -0.2) is 25.1 Å². The molecule has 1 N–H and O–H groups in total. The minimum Gasteiger partial charge on any atom is -0.497 e. The van der Waals surface area contributed by atoms with Crippen LogP contribution in [0.3, 0.4) is 0 Å². The number of nitrogens with one attached hydrogen (secondary N) is 1. The van der Waals surface area contributed by atoms with Crippen LogP contribution in [0.5, 0.6) is 11.5 Å². The van der Waals surface area contributed by atoms with Crippen LogP contribution < -0.4 is 14.8 Å². The summed E-state index contributed by atoms with van der Waals surface area (Å²) in [6.07, 6.45) is 6.36. The van der Waals surface area contributed by atoms with Crippen molar-refractivity contribution in [2.45, 2.75) is 6.92 Å². The Labute approximate surface area is 192 Å². The Morgan fingerprint density at radius 2 is 1.76 bits per heavy atom. The molecule has 1 aromatic heterocycles. The normalized spacial score (nSPS) is 10.9. The van der Waals surface area contributed by atoms with Crippen LogP contribution in [0, 0.1) is 6.92 Å². The molecule has 0 spiro atoms. The number of nitrogens with zero attached hydrogens (tertiary/aromatic N) is 1. The first-order valence-electron chi connectivity index (χ1n) is 10.4. The van der Waals surface area contributed by atoms with Gasteiger partial charge in [0.25, 0.3) is 0 Å². The van der Waals surface area contributed by atoms with Gasteiger partial charge in [0.1, 0.15) is 17.8 Å². The lowest BCUT2D eigenvalue weighted by Gasteiger charge is -2.09. The summed E-state index contributed by atoms with van der Waals surface area (Å²) in [6.45, 7) is 2.06. The number of carbonyl (C=O) groups is 1. The zero-order valence-corrected chi connectivity index (χ0v) is 18.7. The lowest BCUT2D eigenvalue weighted by atomic mass is 9.98. The highest BCUT2D eigenvalue weighted by Crippen LogP contribution is 2.30. The molecule has 0 atom stereocenters. The van der Waals surface area contributed by atoms with Crippen molar-refractivity contribution in [3.8, 4) is 34.1 Å². The molecule has 1 heterocycles. The molecular weight excluding hydrogens is 416 g/mol. The van der Waals surface area contributed by atoms with Gasteiger partial charge in [-0.2, -0.15) is 0 Å². The van der Waals surface area contributed by atoms with Crippen LogP contribution in [0.2, 0.25) is 0 Å². The van der Waals surface area contributed by atoms with Gasteiger partial charge in [0.2, 0.25) is 11.8 Å². The lowest BCUT2D eigenvalue weighted by Crippen LogP contribution is -2.07. The van der Waals surface area contributed by atoms with Gasteiger partial charge in [-0.15, -0.1) is 0 Å². The van der Waals surface area contributed by atoms with Gasteiger partial charge in [-0.05, 0) is 72.2 Å². The quantitative estimate of drug-likeness (QED) is 0.358. The first-order valence-corrected chi connectivity index (χ1v) is 10.4. The average molecular weight is 440 g/mol. The monoisotopic (exact) mass is 440 g/mol. The summed E-state index contributed by atoms with van der Waals surface area (Å²) in [7, 11) is 3.18. The van der Waals surface area contributed by atoms with E-state index in [4.69, 9.17) is 13.9 Å². The highest BCUT2D eigenvalue weighted by molar-refractivity contribution is 6.02. The zero-order chi connectivity index (χ0) is 23.2. The molecule has 0 radical (unpaired) electrons. The minimum atomic E-state index is -0.241. The molecule has 4 aromatic rings. The summed E-state index contributed by atoms with van der Waals surface area (Å²) in [5.74, 6) is 1.69. The van der Waals surface area contributed by atoms with E-state index in [2.05, 4.69) is 23.3 Å². The molecule has 33 heavy (non-hydrogen) atoms. The molecule has 0 aliphatic heterocycles. The van der Waals surface area contributed by atoms with Crippen LogP contribution >= 0.6 is 0 Å². The third-order valence-corrected chi connectivity index (χ3v) is 5.23. The van der Waals surface area contributed by atoms with Crippen molar-refractivity contribution in [3.05, 3.63) is 90.3 Å². The standard InChI is InChI=1S/C27H24N2O4/c1-18-4-5-21(27-28-14-15-33-27)17-24(18)19-6-9-22(10-7-19)29-26(30)13-8-20-16-23(31-2)11-12-25(20)32-3/h4-17H,1-3H3,(H,29,30)/b13-8+. The van der Waals surface area contributed by atoms with E-state index in [-0.39, 0.29) is 5.91 Å². The van der Waals surface area contributed by atoms with Gasteiger partial charge in [-0.3, -0.25) is 4.79 Å². The van der Waals surface area contributed by atoms with Gasteiger partial charge in [0.15, 0.2) is 0 Å². The number of anilines is 1. The number of benzene rings is 3. The van der Waals surface area contributed by atoms with Crippen LogP contribution in [0.4, 0.5) is 5.69 Å². The first kappa shape index (κ1) is 21.9. The molecule has 0 aliphatic rings. The molecular formula is C27H24N2O4. The fourth-order valence-electron chi connectivity index (χ4n) is 3.48. The minimum absolute atomic E-state index is 0.241. The average Bonchev–Trinajstić information content (AvgIpc) is 3.38. The number of amides is 1. The predicted molar refractivity (Wildman–Crippen MR) is 129 cm³/mol. The maximum absolute atomic E-state index is 12.4. The summed E-state index contributed by atoms with van der Waals surface area (Å²) >= 11 is 0. The second-order valence-electron chi connectivity index (χ2n) is 7.37. The van der Waals surface area contributed by atoms with E-state index >= 15 is 0 Å². The van der Waals surface area contributed by atoms with E-state index in [1.165, 1.54) is 6.08 Å². The largest absolute Gasteiger partial charge is 0.497 e. The number of aromatic nitrogens is 1. The number of rotatable bonds is 7. The Balaban J connectivity index is 1.48. The van der Waals surface area contributed by atoms with E-state index in [1.807, 2.05) is 42.5 Å². The van der Waals surface area contributed by atoms with Crippen LogP contribution in [0.1, 0.15) is 11.1 Å². The number of carbonyl (C=O) groups excluding carboxylic acids is 1. The first-order chi connectivity index (χ1) is 16.1. The number of aryl methyl sites for hydroxylation is 1. The third-order valence-electron chi connectivity index (χ3n) is 5.23. The third kappa shape index (κ3) is 5.13. The van der Waals surface area contributed by atoms with Gasteiger partial charge in [-0.25, -0.2) is 4.98 Å². The summed E-state index contributed by atoms with van der Waals surface area (Å²) in [6, 6.07) is 19.2. The highest BCUT2D eigenvalue weighted by atomic mass is 16.5. The van der Waals surface area contributed by atoms with Gasteiger partial charge >= 0.3 is 0 Å². The van der Waals surface area contributed by atoms with Crippen LogP contribution in [0.15, 0.2) is 83.6 Å². The molecule has 0 saturated heterocycles. The molecule has 0 fully saturated rings. The number of methoxy groups -OCH3 is 2. The summed E-state index contributed by atoms with van der Waals surface area (Å²) in [5, 5.41) is 2.88. The predicted octanol–water partition coefficient (Wildman–Crippen LogP) is 5.99. The fourth-order valence-corrected chi connectivity index (χ4v) is 3.48. The second kappa shape index (κ2) is 9.87. The Morgan fingerprint density at radius 1 is 0.970 bits per heavy atom. The molecule has 0 aliphatic carbocycles. The van der Waals surface area contributed by atoms with Crippen LogP contribution in [-0.2, 0) is 4.79 Å². The number of ether oxygens (including phenoxy) is 2. The van der Waals surface area contributed by atoms with Crippen molar-refractivity contribution in [3.63, 3.8) is 0 Å². The second-order valence-corrected chi connectivity index (χ2v) is 7.37. The van der Waals surface area contributed by atoms with Crippen LogP contribution in [0.25, 0.3) is 28.7 Å².